The molecule has 1 amide bonds. The lowest BCUT2D eigenvalue weighted by Gasteiger charge is -2.12. The molecule has 7 heteroatoms. The van der Waals surface area contributed by atoms with Crippen LogP contribution in [0.5, 0.6) is 11.5 Å². The topological polar surface area (TPSA) is 64.6 Å². The lowest BCUT2D eigenvalue weighted by atomic mass is 10.1. The highest BCUT2D eigenvalue weighted by molar-refractivity contribution is 6.07. The van der Waals surface area contributed by atoms with E-state index in [1.54, 1.807) is 24.3 Å². The number of ether oxygens (including phenoxy) is 2. The van der Waals surface area contributed by atoms with Gasteiger partial charge in [0, 0.05) is 23.7 Å². The second-order valence-corrected chi connectivity index (χ2v) is 5.22. The Morgan fingerprint density at radius 3 is 2.54 bits per heavy atom. The quantitative estimate of drug-likeness (QED) is 0.594. The Hall–Kier alpha value is -3.22. The van der Waals surface area contributed by atoms with E-state index < -0.39 is 6.61 Å². The van der Waals surface area contributed by atoms with Gasteiger partial charge in [-0.25, -0.2) is 0 Å². The van der Waals surface area contributed by atoms with E-state index in [1.165, 1.54) is 44.4 Å². The highest BCUT2D eigenvalue weighted by Crippen LogP contribution is 2.33. The number of anilines is 1. The Morgan fingerprint density at radius 1 is 1.15 bits per heavy atom. The van der Waals surface area contributed by atoms with Crippen molar-refractivity contribution in [3.8, 4) is 11.5 Å². The maximum Gasteiger partial charge on any atom is 0.387 e. The number of rotatable bonds is 7. The number of carbonyl (C=O) groups excluding carboxylic acids is 2. The van der Waals surface area contributed by atoms with Crippen LogP contribution < -0.4 is 14.8 Å². The summed E-state index contributed by atoms with van der Waals surface area (Å²) in [4.78, 5) is 23.4. The van der Waals surface area contributed by atoms with E-state index in [0.29, 0.717) is 11.3 Å². The Bertz CT molecular complexity index is 834. The molecule has 0 saturated heterocycles. The van der Waals surface area contributed by atoms with E-state index in [2.05, 4.69) is 10.1 Å². The van der Waals surface area contributed by atoms with Crippen molar-refractivity contribution < 1.29 is 27.8 Å². The number of ketones is 1. The van der Waals surface area contributed by atoms with Crippen LogP contribution in [-0.4, -0.2) is 25.4 Å². The van der Waals surface area contributed by atoms with Crippen molar-refractivity contribution in [3.63, 3.8) is 0 Å². The first-order valence-electron chi connectivity index (χ1n) is 7.62. The van der Waals surface area contributed by atoms with Crippen LogP contribution in [0.2, 0.25) is 0 Å². The van der Waals surface area contributed by atoms with Crippen molar-refractivity contribution in [1.82, 2.24) is 0 Å². The summed E-state index contributed by atoms with van der Waals surface area (Å²) in [5, 5.41) is 2.58. The number of nitrogens with one attached hydrogen (secondary N) is 1. The van der Waals surface area contributed by atoms with Crippen LogP contribution in [0, 0.1) is 0 Å². The number of alkyl halides is 2. The highest BCUT2D eigenvalue weighted by Gasteiger charge is 2.14. The van der Waals surface area contributed by atoms with E-state index in [9.17, 15) is 18.4 Å². The molecule has 0 bridgehead atoms. The summed E-state index contributed by atoms with van der Waals surface area (Å²) >= 11 is 0. The van der Waals surface area contributed by atoms with Gasteiger partial charge in [-0.3, -0.25) is 9.59 Å². The number of hydrogen-bond donors (Lipinski definition) is 1. The SMILES string of the molecule is COc1cccc(/C=C/C(=O)c2cccc(NC(C)=O)c2)c1OC(F)F. The molecule has 0 unspecified atom stereocenters. The summed E-state index contributed by atoms with van der Waals surface area (Å²) in [5.41, 5.74) is 1.10. The molecule has 2 aromatic rings. The summed E-state index contributed by atoms with van der Waals surface area (Å²) in [6.45, 7) is -1.66. The molecule has 0 aromatic heterocycles. The monoisotopic (exact) mass is 361 g/mol. The van der Waals surface area contributed by atoms with E-state index in [4.69, 9.17) is 4.74 Å². The molecule has 0 aliphatic carbocycles. The lowest BCUT2D eigenvalue weighted by molar-refractivity contribution is -0.114. The summed E-state index contributed by atoms with van der Waals surface area (Å²) in [5.74, 6) is -0.632. The molecule has 0 spiro atoms. The van der Waals surface area contributed by atoms with Gasteiger partial charge >= 0.3 is 6.61 Å². The van der Waals surface area contributed by atoms with Gasteiger partial charge in [-0.1, -0.05) is 24.3 Å². The van der Waals surface area contributed by atoms with Gasteiger partial charge in [0.2, 0.25) is 5.91 Å². The largest absolute Gasteiger partial charge is 0.493 e. The molecule has 0 saturated carbocycles. The molecular weight excluding hydrogens is 344 g/mol. The minimum Gasteiger partial charge on any atom is -0.493 e. The molecular formula is C19H17F2NO4. The third-order valence-corrected chi connectivity index (χ3v) is 3.32. The van der Waals surface area contributed by atoms with Gasteiger partial charge in [0.1, 0.15) is 0 Å². The molecule has 26 heavy (non-hydrogen) atoms. The smallest absolute Gasteiger partial charge is 0.387 e. The highest BCUT2D eigenvalue weighted by atomic mass is 19.3. The molecule has 5 nitrogen and oxygen atoms in total. The molecule has 2 aromatic carbocycles. The summed E-state index contributed by atoms with van der Waals surface area (Å²) < 4.78 is 34.8. The van der Waals surface area contributed by atoms with Crippen LogP contribution in [0.4, 0.5) is 14.5 Å². The number of para-hydroxylation sites is 1. The van der Waals surface area contributed by atoms with Gasteiger partial charge in [0.25, 0.3) is 0 Å². The number of allylic oxidation sites excluding steroid dienone is 1. The van der Waals surface area contributed by atoms with Crippen LogP contribution in [0.3, 0.4) is 0 Å². The molecule has 0 radical (unpaired) electrons. The number of benzene rings is 2. The van der Waals surface area contributed by atoms with Crippen molar-refractivity contribution >= 4 is 23.5 Å². The fourth-order valence-corrected chi connectivity index (χ4v) is 2.26. The maximum absolute atomic E-state index is 12.6. The number of halogens is 2. The fourth-order valence-electron chi connectivity index (χ4n) is 2.26. The average Bonchev–Trinajstić information content (AvgIpc) is 2.59. The molecule has 1 N–H and O–H groups in total. The zero-order valence-corrected chi connectivity index (χ0v) is 14.2. The Kier molecular flexibility index (Phi) is 6.43. The Morgan fingerprint density at radius 2 is 1.88 bits per heavy atom. The van der Waals surface area contributed by atoms with E-state index in [1.807, 2.05) is 0 Å². The van der Waals surface area contributed by atoms with Crippen molar-refractivity contribution in [2.75, 3.05) is 12.4 Å². The normalized spacial score (nSPS) is 10.8. The number of carbonyl (C=O) groups is 2. The van der Waals surface area contributed by atoms with Crippen LogP contribution in [0.1, 0.15) is 22.8 Å². The number of hydrogen-bond acceptors (Lipinski definition) is 4. The molecule has 2 rings (SSSR count). The van der Waals surface area contributed by atoms with E-state index in [0.717, 1.165) is 0 Å². The lowest BCUT2D eigenvalue weighted by Crippen LogP contribution is -2.06. The minimum atomic E-state index is -3.02. The molecule has 0 heterocycles. The Balaban J connectivity index is 2.27. The van der Waals surface area contributed by atoms with Crippen molar-refractivity contribution in [2.24, 2.45) is 0 Å². The predicted molar refractivity (Wildman–Crippen MR) is 93.7 cm³/mol. The van der Waals surface area contributed by atoms with E-state index >= 15 is 0 Å². The van der Waals surface area contributed by atoms with Crippen LogP contribution >= 0.6 is 0 Å². The van der Waals surface area contributed by atoms with Gasteiger partial charge in [-0.05, 0) is 30.4 Å². The Labute approximate surface area is 149 Å². The van der Waals surface area contributed by atoms with Crippen molar-refractivity contribution in [3.05, 3.63) is 59.7 Å². The van der Waals surface area contributed by atoms with Crippen LogP contribution in [0.25, 0.3) is 6.08 Å². The maximum atomic E-state index is 12.6. The zero-order valence-electron chi connectivity index (χ0n) is 14.2. The molecule has 0 aliphatic heterocycles. The molecule has 136 valence electrons. The fraction of sp³-hybridized carbons (Fsp3) is 0.158. The second kappa shape index (κ2) is 8.75. The third kappa shape index (κ3) is 5.14. The van der Waals surface area contributed by atoms with Gasteiger partial charge in [-0.15, -0.1) is 0 Å². The number of amides is 1. The molecule has 0 fully saturated rings. The minimum absolute atomic E-state index is 0.132. The van der Waals surface area contributed by atoms with Crippen LogP contribution in [-0.2, 0) is 4.79 Å². The molecule has 0 atom stereocenters. The van der Waals surface area contributed by atoms with Gasteiger partial charge in [-0.2, -0.15) is 8.78 Å². The molecule has 0 aliphatic rings. The average molecular weight is 361 g/mol. The second-order valence-electron chi connectivity index (χ2n) is 5.22. The first kappa shape index (κ1) is 19.1. The zero-order chi connectivity index (χ0) is 19.1. The van der Waals surface area contributed by atoms with E-state index in [-0.39, 0.29) is 28.8 Å². The summed E-state index contributed by atoms with van der Waals surface area (Å²) in [6, 6.07) is 11.0. The third-order valence-electron chi connectivity index (χ3n) is 3.32. The summed E-state index contributed by atoms with van der Waals surface area (Å²) in [6.07, 6.45) is 2.60. The van der Waals surface area contributed by atoms with Gasteiger partial charge in [0.15, 0.2) is 17.3 Å². The first-order chi connectivity index (χ1) is 12.4. The number of methoxy groups -OCH3 is 1. The first-order valence-corrected chi connectivity index (χ1v) is 7.62. The summed E-state index contributed by atoms with van der Waals surface area (Å²) in [7, 11) is 1.33. The van der Waals surface area contributed by atoms with Gasteiger partial charge in [0.05, 0.1) is 7.11 Å². The predicted octanol–water partition coefficient (Wildman–Crippen LogP) is 4.15. The van der Waals surface area contributed by atoms with Crippen LogP contribution in [0.15, 0.2) is 48.5 Å². The van der Waals surface area contributed by atoms with Gasteiger partial charge < -0.3 is 14.8 Å². The standard InChI is InChI=1S/C19H17F2NO4/c1-12(23)22-15-7-3-6-14(11-15)16(24)10-9-13-5-4-8-17(25-2)18(13)26-19(20)21/h3-11,19H,1-2H3,(H,22,23)/b10-9+. The van der Waals surface area contributed by atoms with Crippen molar-refractivity contribution in [1.29, 1.82) is 0 Å². The van der Waals surface area contributed by atoms with Crippen molar-refractivity contribution in [2.45, 2.75) is 13.5 Å².